The number of hydrogen-bond acceptors (Lipinski definition) is 5. The van der Waals surface area contributed by atoms with E-state index in [4.69, 9.17) is 9.84 Å². The summed E-state index contributed by atoms with van der Waals surface area (Å²) in [6.07, 6.45) is 5.00. The highest BCUT2D eigenvalue weighted by molar-refractivity contribution is 5.94. The predicted molar refractivity (Wildman–Crippen MR) is 114 cm³/mol. The Morgan fingerprint density at radius 3 is 2.63 bits per heavy atom. The van der Waals surface area contributed by atoms with Crippen LogP contribution < -0.4 is 0 Å². The number of aliphatic hydroxyl groups is 1. The van der Waals surface area contributed by atoms with Crippen molar-refractivity contribution in [3.05, 3.63) is 53.9 Å². The van der Waals surface area contributed by atoms with Crippen molar-refractivity contribution in [1.29, 1.82) is 0 Å². The zero-order chi connectivity index (χ0) is 21.7. The SMILES string of the molecule is CC(c1ccc(-c2cncc(C(=O)N(C)C)c2)cc1)N1CCC(CCCO)OC1=O. The lowest BCUT2D eigenvalue weighted by Crippen LogP contribution is -2.43. The van der Waals surface area contributed by atoms with E-state index in [9.17, 15) is 9.59 Å². The largest absolute Gasteiger partial charge is 0.446 e. The zero-order valence-electron chi connectivity index (χ0n) is 17.7. The number of hydrogen-bond donors (Lipinski definition) is 1. The second kappa shape index (κ2) is 9.71. The summed E-state index contributed by atoms with van der Waals surface area (Å²) in [5.74, 6) is -0.0875. The van der Waals surface area contributed by atoms with Gasteiger partial charge in [-0.05, 0) is 37.0 Å². The average molecular weight is 412 g/mol. The maximum Gasteiger partial charge on any atom is 0.410 e. The minimum absolute atomic E-state index is 0.0875. The van der Waals surface area contributed by atoms with Crippen molar-refractivity contribution in [3.63, 3.8) is 0 Å². The lowest BCUT2D eigenvalue weighted by Gasteiger charge is -2.35. The molecule has 2 unspecified atom stereocenters. The summed E-state index contributed by atoms with van der Waals surface area (Å²) >= 11 is 0. The summed E-state index contributed by atoms with van der Waals surface area (Å²) in [7, 11) is 3.43. The fourth-order valence-corrected chi connectivity index (χ4v) is 3.62. The van der Waals surface area contributed by atoms with Gasteiger partial charge in [0.1, 0.15) is 6.10 Å². The van der Waals surface area contributed by atoms with Crippen molar-refractivity contribution in [2.24, 2.45) is 0 Å². The van der Waals surface area contributed by atoms with Crippen LogP contribution in [0.5, 0.6) is 0 Å². The molecular formula is C23H29N3O4. The van der Waals surface area contributed by atoms with Gasteiger partial charge < -0.3 is 19.6 Å². The lowest BCUT2D eigenvalue weighted by atomic mass is 10.00. The van der Waals surface area contributed by atoms with E-state index >= 15 is 0 Å². The molecule has 2 atom stereocenters. The van der Waals surface area contributed by atoms with Crippen LogP contribution in [0.1, 0.15) is 48.1 Å². The summed E-state index contributed by atoms with van der Waals surface area (Å²) in [6, 6.07) is 9.67. The number of aliphatic hydroxyl groups excluding tert-OH is 1. The van der Waals surface area contributed by atoms with Crippen LogP contribution in [-0.2, 0) is 4.74 Å². The van der Waals surface area contributed by atoms with Gasteiger partial charge in [-0.15, -0.1) is 0 Å². The van der Waals surface area contributed by atoms with Gasteiger partial charge in [0, 0.05) is 51.6 Å². The van der Waals surface area contributed by atoms with Crippen molar-refractivity contribution in [1.82, 2.24) is 14.8 Å². The van der Waals surface area contributed by atoms with E-state index in [2.05, 4.69) is 4.98 Å². The van der Waals surface area contributed by atoms with Crippen molar-refractivity contribution >= 4 is 12.0 Å². The molecule has 0 radical (unpaired) electrons. The number of carbonyl (C=O) groups excluding carboxylic acids is 2. The van der Waals surface area contributed by atoms with Crippen LogP contribution in [0.2, 0.25) is 0 Å². The van der Waals surface area contributed by atoms with Gasteiger partial charge in [0.2, 0.25) is 0 Å². The summed E-state index contributed by atoms with van der Waals surface area (Å²) < 4.78 is 5.52. The minimum Gasteiger partial charge on any atom is -0.446 e. The highest BCUT2D eigenvalue weighted by Gasteiger charge is 2.30. The van der Waals surface area contributed by atoms with Gasteiger partial charge in [-0.3, -0.25) is 9.78 Å². The molecule has 3 rings (SSSR count). The molecule has 1 aromatic carbocycles. The van der Waals surface area contributed by atoms with Crippen LogP contribution in [0.15, 0.2) is 42.7 Å². The van der Waals surface area contributed by atoms with Crippen molar-refractivity contribution in [2.75, 3.05) is 27.2 Å². The molecule has 1 aliphatic rings. The molecule has 0 bridgehead atoms. The number of benzene rings is 1. The highest BCUT2D eigenvalue weighted by Crippen LogP contribution is 2.28. The van der Waals surface area contributed by atoms with Crippen LogP contribution in [-0.4, -0.2) is 65.2 Å². The number of rotatable bonds is 7. The molecule has 1 fully saturated rings. The molecule has 2 aromatic rings. The van der Waals surface area contributed by atoms with Gasteiger partial charge >= 0.3 is 6.09 Å². The molecule has 0 spiro atoms. The molecule has 0 saturated carbocycles. The monoisotopic (exact) mass is 411 g/mol. The van der Waals surface area contributed by atoms with Crippen LogP contribution in [0, 0.1) is 0 Å². The molecule has 7 heteroatoms. The first kappa shape index (κ1) is 21.8. The molecule has 2 amide bonds. The number of aromatic nitrogens is 1. The normalized spacial score (nSPS) is 17.4. The third kappa shape index (κ3) is 4.97. The van der Waals surface area contributed by atoms with E-state index in [1.165, 1.54) is 4.90 Å². The minimum atomic E-state index is -0.306. The van der Waals surface area contributed by atoms with Gasteiger partial charge in [0.25, 0.3) is 5.91 Å². The van der Waals surface area contributed by atoms with Gasteiger partial charge in [-0.25, -0.2) is 4.79 Å². The molecule has 1 saturated heterocycles. The van der Waals surface area contributed by atoms with E-state index < -0.39 is 0 Å². The van der Waals surface area contributed by atoms with Crippen molar-refractivity contribution in [3.8, 4) is 11.1 Å². The highest BCUT2D eigenvalue weighted by atomic mass is 16.6. The van der Waals surface area contributed by atoms with Crippen LogP contribution in [0.3, 0.4) is 0 Å². The Morgan fingerprint density at radius 1 is 1.27 bits per heavy atom. The second-order valence-electron chi connectivity index (χ2n) is 7.81. The van der Waals surface area contributed by atoms with E-state index in [-0.39, 0.29) is 30.8 Å². The lowest BCUT2D eigenvalue weighted by molar-refractivity contribution is 0.00760. The Labute approximate surface area is 177 Å². The summed E-state index contributed by atoms with van der Waals surface area (Å²) in [4.78, 5) is 32.1. The van der Waals surface area contributed by atoms with Crippen LogP contribution >= 0.6 is 0 Å². The van der Waals surface area contributed by atoms with Crippen molar-refractivity contribution < 1.29 is 19.4 Å². The molecule has 0 aliphatic carbocycles. The molecule has 160 valence electrons. The Hall–Kier alpha value is -2.93. The van der Waals surface area contributed by atoms with E-state index in [1.807, 2.05) is 37.3 Å². The van der Waals surface area contributed by atoms with Gasteiger partial charge in [0.05, 0.1) is 11.6 Å². The Bertz CT molecular complexity index is 882. The van der Waals surface area contributed by atoms with Gasteiger partial charge in [-0.2, -0.15) is 0 Å². The van der Waals surface area contributed by atoms with E-state index in [0.717, 1.165) is 23.1 Å². The Morgan fingerprint density at radius 2 is 2.00 bits per heavy atom. The van der Waals surface area contributed by atoms with Gasteiger partial charge in [0.15, 0.2) is 0 Å². The van der Waals surface area contributed by atoms with E-state index in [0.29, 0.717) is 24.9 Å². The molecule has 30 heavy (non-hydrogen) atoms. The maximum absolute atomic E-state index is 12.4. The van der Waals surface area contributed by atoms with E-state index in [1.54, 1.807) is 31.4 Å². The number of cyclic esters (lactones) is 1. The maximum atomic E-state index is 12.4. The number of amides is 2. The van der Waals surface area contributed by atoms with Crippen molar-refractivity contribution in [2.45, 2.75) is 38.3 Å². The van der Waals surface area contributed by atoms with Crippen LogP contribution in [0.25, 0.3) is 11.1 Å². The van der Waals surface area contributed by atoms with Crippen LogP contribution in [0.4, 0.5) is 4.79 Å². The summed E-state index contributed by atoms with van der Waals surface area (Å²) in [5, 5.41) is 8.95. The number of ether oxygens (including phenoxy) is 1. The standard InChI is InChI=1S/C23H29N3O4/c1-16(26-11-10-21(5-4-12-27)30-23(26)29)17-6-8-18(9-7-17)19-13-20(15-24-14-19)22(28)25(2)3/h6-9,13-16,21,27H,4-5,10-12H2,1-3H3. The Balaban J connectivity index is 1.69. The average Bonchev–Trinajstić information content (AvgIpc) is 2.77. The quantitative estimate of drug-likeness (QED) is 0.754. The first-order chi connectivity index (χ1) is 14.4. The third-order valence-corrected chi connectivity index (χ3v) is 5.46. The Kier molecular flexibility index (Phi) is 7.05. The smallest absolute Gasteiger partial charge is 0.410 e. The molecule has 1 N–H and O–H groups in total. The fraction of sp³-hybridized carbons (Fsp3) is 0.435. The molecule has 2 heterocycles. The predicted octanol–water partition coefficient (Wildman–Crippen LogP) is 3.49. The molecular weight excluding hydrogens is 382 g/mol. The second-order valence-corrected chi connectivity index (χ2v) is 7.81. The topological polar surface area (TPSA) is 83.0 Å². The summed E-state index contributed by atoms with van der Waals surface area (Å²) in [6.45, 7) is 2.74. The number of carbonyl (C=O) groups is 2. The summed E-state index contributed by atoms with van der Waals surface area (Å²) in [5.41, 5.74) is 3.38. The number of pyridine rings is 1. The van der Waals surface area contributed by atoms with Gasteiger partial charge in [-0.1, -0.05) is 24.3 Å². The molecule has 7 nitrogen and oxygen atoms in total. The first-order valence-corrected chi connectivity index (χ1v) is 10.3. The first-order valence-electron chi connectivity index (χ1n) is 10.3. The fourth-order valence-electron chi connectivity index (χ4n) is 3.62. The number of nitrogens with zero attached hydrogens (tertiary/aromatic N) is 3. The zero-order valence-corrected chi connectivity index (χ0v) is 17.7. The molecule has 1 aromatic heterocycles. The third-order valence-electron chi connectivity index (χ3n) is 5.46. The molecule has 1 aliphatic heterocycles.